The van der Waals surface area contributed by atoms with Gasteiger partial charge < -0.3 is 22.1 Å². The maximum atomic E-state index is 6.31. The number of nitrogens with one attached hydrogen (secondary N) is 2. The van der Waals surface area contributed by atoms with Crippen LogP contribution in [0.3, 0.4) is 0 Å². The summed E-state index contributed by atoms with van der Waals surface area (Å²) in [6.45, 7) is 5.94. The second-order valence-electron chi connectivity index (χ2n) is 10.5. The van der Waals surface area contributed by atoms with Gasteiger partial charge in [-0.05, 0) is 58.1 Å². The first kappa shape index (κ1) is 34.2. The van der Waals surface area contributed by atoms with Crippen molar-refractivity contribution in [1.82, 2.24) is 0 Å². The summed E-state index contributed by atoms with van der Waals surface area (Å²) in [6.07, 6.45) is 0. The zero-order valence-electron chi connectivity index (χ0n) is 27.3. The van der Waals surface area contributed by atoms with Crippen molar-refractivity contribution < 1.29 is 0 Å². The topological polar surface area (TPSA) is 88.5 Å². The second-order valence-corrected chi connectivity index (χ2v) is 10.5. The molecule has 6 rings (SSSR count). The average Bonchev–Trinajstić information content (AvgIpc) is 3.16. The molecule has 238 valence electrons. The Morgan fingerprint density at radius 2 is 1.13 bits per heavy atom. The molecule has 5 nitrogen and oxygen atoms in total. The Hall–Kier alpha value is -5.65. The van der Waals surface area contributed by atoms with Crippen LogP contribution in [0, 0.1) is 0 Å². The molecule has 47 heavy (non-hydrogen) atoms. The molecule has 0 saturated carbocycles. The van der Waals surface area contributed by atoms with Crippen LogP contribution in [0.4, 0.5) is 17.1 Å². The van der Waals surface area contributed by atoms with Crippen molar-refractivity contribution in [3.8, 4) is 11.1 Å². The third-order valence-electron chi connectivity index (χ3n) is 7.26. The fourth-order valence-corrected chi connectivity index (χ4v) is 4.76. The number of nitrogens with zero attached hydrogens (tertiary/aromatic N) is 1. The van der Waals surface area contributed by atoms with Crippen molar-refractivity contribution in [3.63, 3.8) is 0 Å². The minimum atomic E-state index is 0.550. The van der Waals surface area contributed by atoms with E-state index in [0.717, 1.165) is 45.9 Å². The molecular weight excluding hydrogens is 574 g/mol. The smallest absolute Gasteiger partial charge is 0.125 e. The van der Waals surface area contributed by atoms with Crippen LogP contribution in [0.1, 0.15) is 36.1 Å². The first-order valence-electron chi connectivity index (χ1n) is 16.1. The zero-order valence-corrected chi connectivity index (χ0v) is 27.3. The molecule has 0 fully saturated rings. The quantitative estimate of drug-likeness (QED) is 0.0908. The van der Waals surface area contributed by atoms with Crippen LogP contribution in [0.5, 0.6) is 0 Å². The van der Waals surface area contributed by atoms with E-state index in [2.05, 4.69) is 88.4 Å². The van der Waals surface area contributed by atoms with E-state index in [-0.39, 0.29) is 0 Å². The molecule has 5 heteroatoms. The molecule has 0 aliphatic carbocycles. The molecule has 6 N–H and O–H groups in total. The summed E-state index contributed by atoms with van der Waals surface area (Å²) in [4.78, 5) is 4.58. The van der Waals surface area contributed by atoms with Crippen LogP contribution >= 0.6 is 0 Å². The van der Waals surface area contributed by atoms with E-state index in [0.29, 0.717) is 18.9 Å². The summed E-state index contributed by atoms with van der Waals surface area (Å²) in [5.74, 6) is 0.550. The van der Waals surface area contributed by atoms with Gasteiger partial charge >= 0.3 is 0 Å². The van der Waals surface area contributed by atoms with Gasteiger partial charge in [0.05, 0.1) is 17.9 Å². The summed E-state index contributed by atoms with van der Waals surface area (Å²) in [6, 6.07) is 55.5. The molecule has 0 aliphatic rings. The predicted octanol–water partition coefficient (Wildman–Crippen LogP) is 9.79. The summed E-state index contributed by atoms with van der Waals surface area (Å²) in [5.41, 5.74) is 21.6. The number of anilines is 3. The highest BCUT2D eigenvalue weighted by Gasteiger charge is 2.05. The molecule has 0 unspecified atom stereocenters. The van der Waals surface area contributed by atoms with E-state index < -0.39 is 0 Å². The number of para-hydroxylation sites is 3. The van der Waals surface area contributed by atoms with Gasteiger partial charge in [0.1, 0.15) is 5.84 Å². The SMILES string of the molecule is CC.NC(=NCc1ccccc1)c1cccc(-c2ccc(CNc3ccccc3Nc3ccccc3)cc2)c1.NCc1ccccc1. The molecule has 6 aromatic carbocycles. The highest BCUT2D eigenvalue weighted by Crippen LogP contribution is 2.26. The number of rotatable bonds is 10. The minimum Gasteiger partial charge on any atom is -0.383 e. The molecule has 0 saturated heterocycles. The van der Waals surface area contributed by atoms with Gasteiger partial charge in [-0.2, -0.15) is 0 Å². The molecule has 0 radical (unpaired) electrons. The Labute approximate surface area is 280 Å². The van der Waals surface area contributed by atoms with Gasteiger partial charge in [-0.15, -0.1) is 0 Å². The summed E-state index contributed by atoms with van der Waals surface area (Å²) in [7, 11) is 0. The van der Waals surface area contributed by atoms with Crippen molar-refractivity contribution in [2.24, 2.45) is 16.5 Å². The Balaban J connectivity index is 0.000000433. The Morgan fingerprint density at radius 1 is 0.553 bits per heavy atom. The maximum absolute atomic E-state index is 6.31. The molecule has 0 bridgehead atoms. The van der Waals surface area contributed by atoms with E-state index >= 15 is 0 Å². The molecular formula is C42H45N5. The molecule has 0 aliphatic heterocycles. The second kappa shape index (κ2) is 19.0. The van der Waals surface area contributed by atoms with Gasteiger partial charge in [0.25, 0.3) is 0 Å². The van der Waals surface area contributed by atoms with Crippen molar-refractivity contribution in [3.05, 3.63) is 186 Å². The van der Waals surface area contributed by atoms with Crippen molar-refractivity contribution >= 4 is 22.9 Å². The summed E-state index contributed by atoms with van der Waals surface area (Å²) < 4.78 is 0. The van der Waals surface area contributed by atoms with Gasteiger partial charge in [0.15, 0.2) is 0 Å². The Morgan fingerprint density at radius 3 is 1.74 bits per heavy atom. The Kier molecular flexibility index (Phi) is 13.8. The lowest BCUT2D eigenvalue weighted by molar-refractivity contribution is 1.06. The minimum absolute atomic E-state index is 0.550. The summed E-state index contributed by atoms with van der Waals surface area (Å²) in [5, 5.41) is 7.06. The number of aliphatic imine (C=N–C) groups is 1. The number of benzene rings is 6. The highest BCUT2D eigenvalue weighted by molar-refractivity contribution is 5.98. The van der Waals surface area contributed by atoms with Crippen LogP contribution in [0.2, 0.25) is 0 Å². The molecule has 6 aromatic rings. The van der Waals surface area contributed by atoms with Crippen molar-refractivity contribution in [2.45, 2.75) is 33.5 Å². The molecule has 0 spiro atoms. The highest BCUT2D eigenvalue weighted by atomic mass is 15.0. The van der Waals surface area contributed by atoms with Crippen LogP contribution in [0.15, 0.2) is 169 Å². The van der Waals surface area contributed by atoms with Crippen LogP contribution < -0.4 is 22.1 Å². The first-order chi connectivity index (χ1) is 23.2. The van der Waals surface area contributed by atoms with Gasteiger partial charge in [0.2, 0.25) is 0 Å². The number of amidine groups is 1. The normalized spacial score (nSPS) is 10.5. The monoisotopic (exact) mass is 619 g/mol. The lowest BCUT2D eigenvalue weighted by Crippen LogP contribution is -2.13. The van der Waals surface area contributed by atoms with E-state index in [1.165, 1.54) is 11.1 Å². The average molecular weight is 620 g/mol. The zero-order chi connectivity index (χ0) is 33.1. The van der Waals surface area contributed by atoms with Gasteiger partial charge in [-0.25, -0.2) is 0 Å². The number of nitrogens with two attached hydrogens (primary N) is 2. The lowest BCUT2D eigenvalue weighted by atomic mass is 10.0. The van der Waals surface area contributed by atoms with Crippen molar-refractivity contribution in [2.75, 3.05) is 10.6 Å². The predicted molar refractivity (Wildman–Crippen MR) is 202 cm³/mol. The van der Waals surface area contributed by atoms with E-state index in [4.69, 9.17) is 11.5 Å². The Bertz CT molecular complexity index is 1770. The number of hydrogen-bond donors (Lipinski definition) is 4. The molecule has 0 atom stereocenters. The van der Waals surface area contributed by atoms with Gasteiger partial charge in [-0.3, -0.25) is 4.99 Å². The molecule has 0 heterocycles. The maximum Gasteiger partial charge on any atom is 0.125 e. The van der Waals surface area contributed by atoms with Crippen molar-refractivity contribution in [1.29, 1.82) is 0 Å². The van der Waals surface area contributed by atoms with Gasteiger partial charge in [-0.1, -0.05) is 147 Å². The largest absolute Gasteiger partial charge is 0.383 e. The molecule has 0 amide bonds. The van der Waals surface area contributed by atoms with Gasteiger partial charge in [0, 0.05) is 24.3 Å². The molecule has 0 aromatic heterocycles. The number of hydrogen-bond acceptors (Lipinski definition) is 4. The fraction of sp³-hybridized carbons (Fsp3) is 0.119. The first-order valence-corrected chi connectivity index (χ1v) is 16.1. The van der Waals surface area contributed by atoms with Crippen LogP contribution in [-0.2, 0) is 19.6 Å². The van der Waals surface area contributed by atoms with Crippen LogP contribution in [-0.4, -0.2) is 5.84 Å². The van der Waals surface area contributed by atoms with E-state index in [1.807, 2.05) is 105 Å². The van der Waals surface area contributed by atoms with E-state index in [9.17, 15) is 0 Å². The fourth-order valence-electron chi connectivity index (χ4n) is 4.76. The third kappa shape index (κ3) is 11.0. The van der Waals surface area contributed by atoms with Crippen LogP contribution in [0.25, 0.3) is 11.1 Å². The lowest BCUT2D eigenvalue weighted by Gasteiger charge is -2.14. The third-order valence-corrected chi connectivity index (χ3v) is 7.26. The van der Waals surface area contributed by atoms with E-state index in [1.54, 1.807) is 0 Å². The standard InChI is InChI=1S/C33H30N4.C7H9N.C2H6/c34-33(36-24-25-10-3-1-4-11-25)29-13-9-12-28(22-29)27-20-18-26(19-21-27)23-35-31-16-7-8-17-32(31)37-30-14-5-2-6-15-30;8-6-7-4-2-1-3-5-7;1-2/h1-22,35,37H,23-24H2,(H2,34,36);1-5H,6,8H2;1-2H3. The summed E-state index contributed by atoms with van der Waals surface area (Å²) >= 11 is 0.